The molecule has 0 aliphatic rings. The zero-order valence-electron chi connectivity index (χ0n) is 12.8. The molecule has 0 radical (unpaired) electrons. The Labute approximate surface area is 155 Å². The fourth-order valence-corrected chi connectivity index (χ4v) is 3.64. The average molecular weight is 394 g/mol. The number of primary sulfonamides is 1. The van der Waals surface area contributed by atoms with Crippen LogP contribution in [0.4, 0.5) is 4.39 Å². The van der Waals surface area contributed by atoms with E-state index in [0.717, 1.165) is 23.3 Å². The van der Waals surface area contributed by atoms with Gasteiger partial charge in [0.1, 0.15) is 10.7 Å². The lowest BCUT2D eigenvalue weighted by Crippen LogP contribution is -2.13. The van der Waals surface area contributed by atoms with Crippen LogP contribution in [0.25, 0.3) is 22.3 Å². The molecule has 0 aliphatic carbocycles. The van der Waals surface area contributed by atoms with Gasteiger partial charge in [0.2, 0.25) is 10.0 Å². The van der Waals surface area contributed by atoms with Crippen LogP contribution in [0.5, 0.6) is 0 Å². The van der Waals surface area contributed by atoms with Gasteiger partial charge in [-0.25, -0.2) is 17.9 Å². The second-order valence-electron chi connectivity index (χ2n) is 5.43. The summed E-state index contributed by atoms with van der Waals surface area (Å²) in [6.45, 7) is 0. The van der Waals surface area contributed by atoms with Gasteiger partial charge in [-0.1, -0.05) is 41.9 Å². The maximum atomic E-state index is 14.0. The van der Waals surface area contributed by atoms with Crippen LogP contribution in [0.1, 0.15) is 0 Å². The summed E-state index contributed by atoms with van der Waals surface area (Å²) in [4.78, 5) is 0.161. The smallest absolute Gasteiger partial charge is 0.225 e. The van der Waals surface area contributed by atoms with Gasteiger partial charge in [0.25, 0.3) is 0 Å². The molecule has 0 aromatic heterocycles. The van der Waals surface area contributed by atoms with Gasteiger partial charge in [-0.2, -0.15) is 0 Å². The Morgan fingerprint density at radius 3 is 2.20 bits per heavy atom. The summed E-state index contributed by atoms with van der Waals surface area (Å²) in [6.07, 6.45) is 0. The van der Waals surface area contributed by atoms with Crippen molar-refractivity contribution in [3.05, 3.63) is 71.5 Å². The molecule has 0 unspecified atom stereocenters. The van der Waals surface area contributed by atoms with E-state index in [9.17, 15) is 12.8 Å². The summed E-state index contributed by atoms with van der Waals surface area (Å²) in [5, 5.41) is 5.60. The molecule has 25 heavy (non-hydrogen) atoms. The maximum absolute atomic E-state index is 14.0. The van der Waals surface area contributed by atoms with E-state index in [-0.39, 0.29) is 0 Å². The third-order valence-corrected chi connectivity index (χ3v) is 5.25. The van der Waals surface area contributed by atoms with Gasteiger partial charge < -0.3 is 0 Å². The molecular formula is C18H13ClFNO2S2. The molecule has 3 aromatic carbocycles. The van der Waals surface area contributed by atoms with E-state index in [4.69, 9.17) is 16.7 Å². The number of benzene rings is 3. The first kappa shape index (κ1) is 17.9. The lowest BCUT2D eigenvalue weighted by molar-refractivity contribution is 0.568. The van der Waals surface area contributed by atoms with Gasteiger partial charge in [-0.05, 0) is 52.6 Å². The van der Waals surface area contributed by atoms with Crippen molar-refractivity contribution >= 4 is 34.3 Å². The largest absolute Gasteiger partial charge is 0.240 e. The van der Waals surface area contributed by atoms with Crippen molar-refractivity contribution in [2.24, 2.45) is 5.14 Å². The topological polar surface area (TPSA) is 60.2 Å². The maximum Gasteiger partial charge on any atom is 0.240 e. The Morgan fingerprint density at radius 1 is 0.920 bits per heavy atom. The molecule has 0 bridgehead atoms. The number of sulfonamides is 1. The minimum Gasteiger partial charge on any atom is -0.225 e. The van der Waals surface area contributed by atoms with E-state index in [1.807, 2.05) is 24.3 Å². The fraction of sp³-hybridized carbons (Fsp3) is 0. The Balaban J connectivity index is 2.03. The summed E-state index contributed by atoms with van der Waals surface area (Å²) in [6, 6.07) is 16.6. The SMILES string of the molecule is NS(=O)(=O)c1ccc(-c2ccc(-c3cccc(Cl)c3)c(S)c2)cc1F. The standard InChI is InChI=1S/C18H13ClFNO2S2/c19-14-3-1-2-13(8-14)15-6-4-12(10-17(15)24)11-5-7-18(16(20)9-11)25(21,22)23/h1-10,24H,(H2,21,22,23). The third-order valence-electron chi connectivity index (χ3n) is 3.71. The molecule has 3 rings (SSSR count). The molecular weight excluding hydrogens is 381 g/mol. The van der Waals surface area contributed by atoms with Crippen molar-refractivity contribution in [3.63, 3.8) is 0 Å². The number of thiol groups is 1. The average Bonchev–Trinajstić information content (AvgIpc) is 2.53. The van der Waals surface area contributed by atoms with Crippen LogP contribution in [-0.4, -0.2) is 8.42 Å². The van der Waals surface area contributed by atoms with Crippen LogP contribution < -0.4 is 5.14 Å². The van der Waals surface area contributed by atoms with Crippen molar-refractivity contribution in [1.29, 1.82) is 0 Å². The van der Waals surface area contributed by atoms with Crippen LogP contribution in [0, 0.1) is 5.82 Å². The van der Waals surface area contributed by atoms with Gasteiger partial charge >= 0.3 is 0 Å². The lowest BCUT2D eigenvalue weighted by Gasteiger charge is -2.10. The Morgan fingerprint density at radius 2 is 1.60 bits per heavy atom. The van der Waals surface area contributed by atoms with Crippen molar-refractivity contribution < 1.29 is 12.8 Å². The summed E-state index contributed by atoms with van der Waals surface area (Å²) < 4.78 is 36.6. The highest BCUT2D eigenvalue weighted by Crippen LogP contribution is 2.33. The molecule has 3 nitrogen and oxygen atoms in total. The molecule has 0 fully saturated rings. The number of halogens is 2. The molecule has 0 saturated carbocycles. The number of nitrogens with two attached hydrogens (primary N) is 1. The molecule has 0 atom stereocenters. The molecule has 0 aliphatic heterocycles. The minimum atomic E-state index is -4.09. The summed E-state index contributed by atoms with van der Waals surface area (Å²) in [7, 11) is -4.09. The van der Waals surface area contributed by atoms with Crippen molar-refractivity contribution in [2.45, 2.75) is 9.79 Å². The van der Waals surface area contributed by atoms with Gasteiger partial charge in [0.05, 0.1) is 0 Å². The van der Waals surface area contributed by atoms with E-state index >= 15 is 0 Å². The first-order valence-electron chi connectivity index (χ1n) is 7.17. The highest BCUT2D eigenvalue weighted by atomic mass is 35.5. The number of rotatable bonds is 3. The Bertz CT molecular complexity index is 1070. The molecule has 7 heteroatoms. The van der Waals surface area contributed by atoms with Crippen molar-refractivity contribution in [3.8, 4) is 22.3 Å². The predicted octanol–water partition coefficient (Wildman–Crippen LogP) is 4.75. The van der Waals surface area contributed by atoms with Crippen LogP contribution >= 0.6 is 24.2 Å². The monoisotopic (exact) mass is 393 g/mol. The van der Waals surface area contributed by atoms with Crippen LogP contribution in [0.2, 0.25) is 5.02 Å². The molecule has 0 heterocycles. The molecule has 0 amide bonds. The summed E-state index contributed by atoms with van der Waals surface area (Å²) in [5.41, 5.74) is 3.03. The van der Waals surface area contributed by atoms with Gasteiger partial charge in [0.15, 0.2) is 0 Å². The molecule has 2 N–H and O–H groups in total. The highest BCUT2D eigenvalue weighted by Gasteiger charge is 2.15. The van der Waals surface area contributed by atoms with Crippen molar-refractivity contribution in [1.82, 2.24) is 0 Å². The first-order chi connectivity index (χ1) is 11.8. The molecule has 0 saturated heterocycles. The minimum absolute atomic E-state index is 0.526. The highest BCUT2D eigenvalue weighted by molar-refractivity contribution is 7.89. The van der Waals surface area contributed by atoms with Gasteiger partial charge in [-0.3, -0.25) is 0 Å². The predicted molar refractivity (Wildman–Crippen MR) is 101 cm³/mol. The summed E-state index contributed by atoms with van der Waals surface area (Å²) in [5.74, 6) is -0.889. The first-order valence-corrected chi connectivity index (χ1v) is 9.54. The van der Waals surface area contributed by atoms with Gasteiger partial charge in [0, 0.05) is 9.92 Å². The van der Waals surface area contributed by atoms with E-state index in [0.29, 0.717) is 21.0 Å². The summed E-state index contributed by atoms with van der Waals surface area (Å²) >= 11 is 10.5. The van der Waals surface area contributed by atoms with Gasteiger partial charge in [-0.15, -0.1) is 12.6 Å². The number of hydrogen-bond donors (Lipinski definition) is 2. The van der Waals surface area contributed by atoms with Crippen LogP contribution in [0.3, 0.4) is 0 Å². The molecule has 0 spiro atoms. The third kappa shape index (κ3) is 3.88. The lowest BCUT2D eigenvalue weighted by atomic mass is 10.00. The van der Waals surface area contributed by atoms with E-state index in [1.54, 1.807) is 18.2 Å². The van der Waals surface area contributed by atoms with E-state index in [1.165, 1.54) is 6.07 Å². The normalized spacial score (nSPS) is 11.5. The van der Waals surface area contributed by atoms with Crippen LogP contribution in [0.15, 0.2) is 70.5 Å². The van der Waals surface area contributed by atoms with E-state index < -0.39 is 20.7 Å². The zero-order chi connectivity index (χ0) is 18.2. The molecule has 128 valence electrons. The quantitative estimate of drug-likeness (QED) is 0.631. The Kier molecular flexibility index (Phi) is 4.88. The Hall–Kier alpha value is -1.86. The second-order valence-corrected chi connectivity index (χ2v) is 7.88. The molecule has 3 aromatic rings. The zero-order valence-corrected chi connectivity index (χ0v) is 15.2. The van der Waals surface area contributed by atoms with E-state index in [2.05, 4.69) is 12.6 Å². The second kappa shape index (κ2) is 6.80. The number of hydrogen-bond acceptors (Lipinski definition) is 3. The fourth-order valence-electron chi connectivity index (χ4n) is 2.52. The van der Waals surface area contributed by atoms with Crippen molar-refractivity contribution in [2.75, 3.05) is 0 Å². The van der Waals surface area contributed by atoms with Crippen LogP contribution in [-0.2, 0) is 10.0 Å².